The van der Waals surface area contributed by atoms with Gasteiger partial charge in [-0.1, -0.05) is 33.1 Å². The van der Waals surface area contributed by atoms with Crippen LogP contribution in [0.2, 0.25) is 0 Å². The Labute approximate surface area is 114 Å². The van der Waals surface area contributed by atoms with Crippen LogP contribution in [-0.4, -0.2) is 37.1 Å². The predicted octanol–water partition coefficient (Wildman–Crippen LogP) is 3.28. The quantitative estimate of drug-likeness (QED) is 0.808. The van der Waals surface area contributed by atoms with Crippen molar-refractivity contribution < 1.29 is 0 Å². The number of hydrogen-bond acceptors (Lipinski definition) is 2. The Morgan fingerprint density at radius 2 is 1.94 bits per heavy atom. The van der Waals surface area contributed by atoms with Crippen LogP contribution in [0.15, 0.2) is 0 Å². The van der Waals surface area contributed by atoms with Crippen LogP contribution in [0.1, 0.15) is 58.8 Å². The Bertz CT molecular complexity index is 241. The van der Waals surface area contributed by atoms with Gasteiger partial charge in [-0.25, -0.2) is 0 Å². The second-order valence-corrected chi connectivity index (χ2v) is 6.83. The summed E-state index contributed by atoms with van der Waals surface area (Å²) in [6.45, 7) is 7.16. The molecule has 2 rings (SSSR count). The standard InChI is InChI=1S/C16H32N2/c1-4-13(2)11-18(3)12-15-10-9-14-7-5-6-8-16(14)17-15/h13-17H,4-12H2,1-3H3. The summed E-state index contributed by atoms with van der Waals surface area (Å²) in [6.07, 6.45) is 9.99. The number of rotatable bonds is 5. The average Bonchev–Trinajstić information content (AvgIpc) is 2.38. The Morgan fingerprint density at radius 3 is 2.72 bits per heavy atom. The maximum absolute atomic E-state index is 3.94. The molecule has 18 heavy (non-hydrogen) atoms. The Balaban J connectivity index is 1.73. The minimum Gasteiger partial charge on any atom is -0.310 e. The molecule has 2 fully saturated rings. The third-order valence-electron chi connectivity index (χ3n) is 5.10. The molecule has 0 spiro atoms. The number of piperidine rings is 1. The minimum atomic E-state index is 0.749. The third kappa shape index (κ3) is 3.96. The van der Waals surface area contributed by atoms with Gasteiger partial charge in [-0.15, -0.1) is 0 Å². The molecule has 0 amide bonds. The van der Waals surface area contributed by atoms with Gasteiger partial charge in [0.15, 0.2) is 0 Å². The predicted molar refractivity (Wildman–Crippen MR) is 78.9 cm³/mol. The molecule has 2 heteroatoms. The molecule has 0 radical (unpaired) electrons. The van der Waals surface area contributed by atoms with Crippen molar-refractivity contribution in [1.29, 1.82) is 0 Å². The molecule has 1 saturated heterocycles. The Morgan fingerprint density at radius 1 is 1.17 bits per heavy atom. The SMILES string of the molecule is CCC(C)CN(C)CC1CCC2CCCCC2N1. The summed E-state index contributed by atoms with van der Waals surface area (Å²) in [5.41, 5.74) is 0. The van der Waals surface area contributed by atoms with Gasteiger partial charge in [0.2, 0.25) is 0 Å². The molecule has 1 aliphatic heterocycles. The van der Waals surface area contributed by atoms with Crippen molar-refractivity contribution in [2.45, 2.75) is 70.9 Å². The van der Waals surface area contributed by atoms with Crippen molar-refractivity contribution in [3.63, 3.8) is 0 Å². The first-order valence-electron chi connectivity index (χ1n) is 8.13. The molecule has 2 aliphatic rings. The van der Waals surface area contributed by atoms with Crippen molar-refractivity contribution in [3.8, 4) is 0 Å². The van der Waals surface area contributed by atoms with E-state index in [4.69, 9.17) is 0 Å². The smallest absolute Gasteiger partial charge is 0.0197 e. The van der Waals surface area contributed by atoms with Crippen LogP contribution >= 0.6 is 0 Å². The first kappa shape index (κ1) is 14.3. The molecule has 0 aromatic rings. The van der Waals surface area contributed by atoms with Crippen LogP contribution in [0, 0.1) is 11.8 Å². The highest BCUT2D eigenvalue weighted by Gasteiger charge is 2.31. The molecule has 4 unspecified atom stereocenters. The van der Waals surface area contributed by atoms with Crippen molar-refractivity contribution in [3.05, 3.63) is 0 Å². The highest BCUT2D eigenvalue weighted by atomic mass is 15.1. The Hall–Kier alpha value is -0.0800. The second-order valence-electron chi connectivity index (χ2n) is 6.83. The van der Waals surface area contributed by atoms with Crippen LogP contribution in [0.25, 0.3) is 0 Å². The lowest BCUT2D eigenvalue weighted by molar-refractivity contribution is 0.147. The van der Waals surface area contributed by atoms with E-state index in [2.05, 4.69) is 31.1 Å². The van der Waals surface area contributed by atoms with E-state index in [1.807, 2.05) is 0 Å². The van der Waals surface area contributed by atoms with Crippen LogP contribution < -0.4 is 5.32 Å². The highest BCUT2D eigenvalue weighted by Crippen LogP contribution is 2.32. The molecule has 0 bridgehead atoms. The van der Waals surface area contributed by atoms with E-state index < -0.39 is 0 Å². The zero-order valence-corrected chi connectivity index (χ0v) is 12.6. The summed E-state index contributed by atoms with van der Waals surface area (Å²) >= 11 is 0. The Kier molecular flexibility index (Phi) is 5.50. The van der Waals surface area contributed by atoms with Crippen LogP contribution in [0.4, 0.5) is 0 Å². The third-order valence-corrected chi connectivity index (χ3v) is 5.10. The van der Waals surface area contributed by atoms with E-state index in [0.717, 1.165) is 23.9 Å². The fourth-order valence-electron chi connectivity index (χ4n) is 3.83. The normalized spacial score (nSPS) is 34.3. The van der Waals surface area contributed by atoms with Gasteiger partial charge in [0, 0.05) is 25.2 Å². The van der Waals surface area contributed by atoms with Crippen LogP contribution in [0.3, 0.4) is 0 Å². The van der Waals surface area contributed by atoms with Gasteiger partial charge >= 0.3 is 0 Å². The summed E-state index contributed by atoms with van der Waals surface area (Å²) in [5, 5.41) is 3.94. The first-order valence-corrected chi connectivity index (χ1v) is 8.13. The van der Waals surface area contributed by atoms with Crippen LogP contribution in [0.5, 0.6) is 0 Å². The van der Waals surface area contributed by atoms with Gasteiger partial charge in [0.25, 0.3) is 0 Å². The van der Waals surface area contributed by atoms with E-state index in [-0.39, 0.29) is 0 Å². The number of nitrogens with zero attached hydrogens (tertiary/aromatic N) is 1. The van der Waals surface area contributed by atoms with E-state index in [0.29, 0.717) is 0 Å². The van der Waals surface area contributed by atoms with Gasteiger partial charge in [-0.2, -0.15) is 0 Å². The van der Waals surface area contributed by atoms with Crippen molar-refractivity contribution >= 4 is 0 Å². The lowest BCUT2D eigenvalue weighted by Gasteiger charge is -2.41. The zero-order valence-electron chi connectivity index (χ0n) is 12.6. The maximum Gasteiger partial charge on any atom is 0.0197 e. The van der Waals surface area contributed by atoms with Crippen molar-refractivity contribution in [1.82, 2.24) is 10.2 Å². The lowest BCUT2D eigenvalue weighted by Crippen LogP contribution is -2.52. The summed E-state index contributed by atoms with van der Waals surface area (Å²) in [4.78, 5) is 2.54. The van der Waals surface area contributed by atoms with E-state index in [9.17, 15) is 0 Å². The molecular weight excluding hydrogens is 220 g/mol. The summed E-state index contributed by atoms with van der Waals surface area (Å²) in [7, 11) is 2.29. The molecule has 0 aromatic carbocycles. The van der Waals surface area contributed by atoms with Gasteiger partial charge in [-0.05, 0) is 44.6 Å². The van der Waals surface area contributed by atoms with E-state index in [1.54, 1.807) is 0 Å². The summed E-state index contributed by atoms with van der Waals surface area (Å²) in [6, 6.07) is 1.59. The number of hydrogen-bond donors (Lipinski definition) is 1. The fourth-order valence-corrected chi connectivity index (χ4v) is 3.83. The molecule has 0 aromatic heterocycles. The van der Waals surface area contributed by atoms with Crippen molar-refractivity contribution in [2.75, 3.05) is 20.1 Å². The number of likely N-dealkylation sites (N-methyl/N-ethyl adjacent to an activating group) is 1. The fraction of sp³-hybridized carbons (Fsp3) is 1.00. The largest absolute Gasteiger partial charge is 0.310 e. The average molecular weight is 252 g/mol. The lowest BCUT2D eigenvalue weighted by atomic mass is 9.78. The maximum atomic E-state index is 3.94. The van der Waals surface area contributed by atoms with Crippen LogP contribution in [-0.2, 0) is 0 Å². The molecular formula is C16H32N2. The highest BCUT2D eigenvalue weighted by molar-refractivity contribution is 4.90. The number of nitrogens with one attached hydrogen (secondary N) is 1. The molecule has 2 nitrogen and oxygen atoms in total. The zero-order chi connectivity index (χ0) is 13.0. The topological polar surface area (TPSA) is 15.3 Å². The molecule has 1 saturated carbocycles. The first-order chi connectivity index (χ1) is 8.69. The molecule has 4 atom stereocenters. The molecule has 1 N–H and O–H groups in total. The molecule has 106 valence electrons. The van der Waals surface area contributed by atoms with E-state index >= 15 is 0 Å². The second kappa shape index (κ2) is 6.91. The molecule has 1 aliphatic carbocycles. The minimum absolute atomic E-state index is 0.749. The van der Waals surface area contributed by atoms with E-state index in [1.165, 1.54) is 58.0 Å². The summed E-state index contributed by atoms with van der Waals surface area (Å²) < 4.78 is 0. The van der Waals surface area contributed by atoms with Gasteiger partial charge in [0.05, 0.1) is 0 Å². The number of fused-ring (bicyclic) bond motifs is 1. The monoisotopic (exact) mass is 252 g/mol. The van der Waals surface area contributed by atoms with Gasteiger partial charge in [0.1, 0.15) is 0 Å². The molecule has 1 heterocycles. The van der Waals surface area contributed by atoms with Crippen molar-refractivity contribution in [2.24, 2.45) is 11.8 Å². The van der Waals surface area contributed by atoms with Gasteiger partial charge in [-0.3, -0.25) is 0 Å². The summed E-state index contributed by atoms with van der Waals surface area (Å²) in [5.74, 6) is 1.83. The van der Waals surface area contributed by atoms with Gasteiger partial charge < -0.3 is 10.2 Å².